The van der Waals surface area contributed by atoms with Crippen LogP contribution in [0.15, 0.2) is 29.3 Å². The normalized spacial score (nSPS) is 12.6. The molecule has 0 fully saturated rings. The number of rotatable bonds is 5. The molecule has 0 spiro atoms. The van der Waals surface area contributed by atoms with E-state index in [2.05, 4.69) is 4.99 Å². The summed E-state index contributed by atoms with van der Waals surface area (Å²) in [6, 6.07) is 8.07. The Bertz CT molecular complexity index is 382. The Morgan fingerprint density at radius 1 is 1.41 bits per heavy atom. The maximum atomic E-state index is 11.3. The van der Waals surface area contributed by atoms with E-state index in [0.29, 0.717) is 6.42 Å². The maximum absolute atomic E-state index is 11.3. The van der Waals surface area contributed by atoms with Crippen LogP contribution < -0.4 is 0 Å². The lowest BCUT2D eigenvalue weighted by Crippen LogP contribution is -2.15. The number of hydrogen-bond acceptors (Lipinski definition) is 3. The third-order valence-electron chi connectivity index (χ3n) is 2.55. The minimum Gasteiger partial charge on any atom is -0.469 e. The second kappa shape index (κ2) is 6.84. The predicted octanol–water partition coefficient (Wildman–Crippen LogP) is 2.48. The number of carbonyl (C=O) groups excluding carboxylic acids is 1. The molecule has 0 aliphatic carbocycles. The van der Waals surface area contributed by atoms with Crippen LogP contribution in [0.25, 0.3) is 0 Å². The number of hydrogen-bond donors (Lipinski definition) is 0. The van der Waals surface area contributed by atoms with Crippen LogP contribution in [0.3, 0.4) is 0 Å². The van der Waals surface area contributed by atoms with Crippen LogP contribution >= 0.6 is 0 Å². The maximum Gasteiger partial charge on any atom is 0.308 e. The van der Waals surface area contributed by atoms with Crippen LogP contribution in [0.5, 0.6) is 0 Å². The van der Waals surface area contributed by atoms with Crippen molar-refractivity contribution in [2.45, 2.75) is 20.3 Å². The minimum atomic E-state index is -0.165. The Morgan fingerprint density at radius 3 is 2.59 bits per heavy atom. The molecule has 1 aromatic rings. The quantitative estimate of drug-likeness (QED) is 0.579. The Kier molecular flexibility index (Phi) is 5.40. The fourth-order valence-electron chi connectivity index (χ4n) is 1.57. The topological polar surface area (TPSA) is 38.7 Å². The standard InChI is InChI=1S/C14H19NO2/c1-4-15-10-13-7-5-12(6-8-13)9-11(2)14(16)17-3/h5-8,10-11H,4,9H2,1-3H3. The summed E-state index contributed by atoms with van der Waals surface area (Å²) in [5, 5.41) is 0. The second-order valence-electron chi connectivity index (χ2n) is 4.00. The largest absolute Gasteiger partial charge is 0.469 e. The van der Waals surface area contributed by atoms with Crippen LogP contribution in [-0.2, 0) is 16.0 Å². The number of esters is 1. The first-order valence-corrected chi connectivity index (χ1v) is 5.84. The molecule has 0 amide bonds. The molecule has 0 bridgehead atoms. The first kappa shape index (κ1) is 13.4. The summed E-state index contributed by atoms with van der Waals surface area (Å²) in [5.74, 6) is -0.267. The minimum absolute atomic E-state index is 0.102. The summed E-state index contributed by atoms with van der Waals surface area (Å²) in [7, 11) is 1.42. The van der Waals surface area contributed by atoms with Gasteiger partial charge in [-0.3, -0.25) is 9.79 Å². The summed E-state index contributed by atoms with van der Waals surface area (Å²) in [4.78, 5) is 15.5. The molecule has 1 unspecified atom stereocenters. The van der Waals surface area contributed by atoms with Crippen molar-refractivity contribution >= 4 is 12.2 Å². The van der Waals surface area contributed by atoms with E-state index in [9.17, 15) is 4.79 Å². The van der Waals surface area contributed by atoms with Gasteiger partial charge < -0.3 is 4.74 Å². The molecule has 0 aromatic heterocycles. The molecular formula is C14H19NO2. The second-order valence-corrected chi connectivity index (χ2v) is 4.00. The van der Waals surface area contributed by atoms with Gasteiger partial charge in [0.25, 0.3) is 0 Å². The molecule has 0 saturated carbocycles. The van der Waals surface area contributed by atoms with Crippen LogP contribution in [-0.4, -0.2) is 25.8 Å². The first-order valence-electron chi connectivity index (χ1n) is 5.84. The van der Waals surface area contributed by atoms with Gasteiger partial charge in [-0.2, -0.15) is 0 Å². The highest BCUT2D eigenvalue weighted by atomic mass is 16.5. The van der Waals surface area contributed by atoms with E-state index < -0.39 is 0 Å². The van der Waals surface area contributed by atoms with Crippen LogP contribution in [0.1, 0.15) is 25.0 Å². The molecule has 0 aliphatic heterocycles. The Hall–Kier alpha value is -1.64. The number of ether oxygens (including phenoxy) is 1. The lowest BCUT2D eigenvalue weighted by molar-refractivity contribution is -0.144. The van der Waals surface area contributed by atoms with Gasteiger partial charge in [0.05, 0.1) is 13.0 Å². The van der Waals surface area contributed by atoms with Gasteiger partial charge in [-0.1, -0.05) is 31.2 Å². The smallest absolute Gasteiger partial charge is 0.308 e. The average Bonchev–Trinajstić information content (AvgIpc) is 2.37. The summed E-state index contributed by atoms with van der Waals surface area (Å²) in [6.45, 7) is 4.67. The number of carbonyl (C=O) groups is 1. The average molecular weight is 233 g/mol. The Labute approximate surface area is 103 Å². The van der Waals surface area contributed by atoms with Gasteiger partial charge in [0, 0.05) is 12.8 Å². The molecule has 0 radical (unpaired) electrons. The molecule has 17 heavy (non-hydrogen) atoms. The van der Waals surface area contributed by atoms with Crippen molar-refractivity contribution in [1.82, 2.24) is 0 Å². The van der Waals surface area contributed by atoms with E-state index in [1.54, 1.807) is 0 Å². The zero-order chi connectivity index (χ0) is 12.7. The molecule has 3 nitrogen and oxygen atoms in total. The van der Waals surface area contributed by atoms with Gasteiger partial charge >= 0.3 is 5.97 Å². The number of benzene rings is 1. The molecule has 1 rings (SSSR count). The van der Waals surface area contributed by atoms with Crippen molar-refractivity contribution in [2.75, 3.05) is 13.7 Å². The fourth-order valence-corrected chi connectivity index (χ4v) is 1.57. The lowest BCUT2D eigenvalue weighted by Gasteiger charge is -2.08. The van der Waals surface area contributed by atoms with E-state index in [-0.39, 0.29) is 11.9 Å². The molecular weight excluding hydrogens is 214 g/mol. The van der Waals surface area contributed by atoms with Gasteiger partial charge in [0.2, 0.25) is 0 Å². The van der Waals surface area contributed by atoms with Gasteiger partial charge in [0.15, 0.2) is 0 Å². The Balaban J connectivity index is 2.62. The zero-order valence-corrected chi connectivity index (χ0v) is 10.6. The molecule has 92 valence electrons. The summed E-state index contributed by atoms with van der Waals surface area (Å²) in [5.41, 5.74) is 2.22. The summed E-state index contributed by atoms with van der Waals surface area (Å²) < 4.78 is 4.70. The molecule has 0 heterocycles. The van der Waals surface area contributed by atoms with E-state index in [1.165, 1.54) is 7.11 Å². The van der Waals surface area contributed by atoms with E-state index in [1.807, 2.05) is 44.3 Å². The van der Waals surface area contributed by atoms with E-state index in [0.717, 1.165) is 17.7 Å². The third kappa shape index (κ3) is 4.39. The molecule has 0 N–H and O–H groups in total. The molecule has 0 saturated heterocycles. The SMILES string of the molecule is CCN=Cc1ccc(CC(C)C(=O)OC)cc1. The van der Waals surface area contributed by atoms with Crippen LogP contribution in [0, 0.1) is 5.92 Å². The zero-order valence-electron chi connectivity index (χ0n) is 10.6. The number of methoxy groups -OCH3 is 1. The highest BCUT2D eigenvalue weighted by molar-refractivity contribution is 5.79. The lowest BCUT2D eigenvalue weighted by atomic mass is 10.0. The molecule has 1 atom stereocenters. The Morgan fingerprint density at radius 2 is 2.06 bits per heavy atom. The van der Waals surface area contributed by atoms with Crippen molar-refractivity contribution < 1.29 is 9.53 Å². The molecule has 0 aliphatic rings. The summed E-state index contributed by atoms with van der Waals surface area (Å²) >= 11 is 0. The first-order chi connectivity index (χ1) is 8.17. The van der Waals surface area contributed by atoms with Crippen molar-refractivity contribution in [3.63, 3.8) is 0 Å². The van der Waals surface area contributed by atoms with Crippen LogP contribution in [0.4, 0.5) is 0 Å². The monoisotopic (exact) mass is 233 g/mol. The van der Waals surface area contributed by atoms with E-state index >= 15 is 0 Å². The number of nitrogens with zero attached hydrogens (tertiary/aromatic N) is 1. The third-order valence-corrected chi connectivity index (χ3v) is 2.55. The predicted molar refractivity (Wildman–Crippen MR) is 69.5 cm³/mol. The van der Waals surface area contributed by atoms with Gasteiger partial charge in [-0.25, -0.2) is 0 Å². The van der Waals surface area contributed by atoms with Gasteiger partial charge in [-0.05, 0) is 24.5 Å². The van der Waals surface area contributed by atoms with Gasteiger partial charge in [0.1, 0.15) is 0 Å². The molecule has 3 heteroatoms. The highest BCUT2D eigenvalue weighted by Gasteiger charge is 2.13. The summed E-state index contributed by atoms with van der Waals surface area (Å²) in [6.07, 6.45) is 2.56. The van der Waals surface area contributed by atoms with Crippen molar-refractivity contribution in [3.05, 3.63) is 35.4 Å². The fraction of sp³-hybridized carbons (Fsp3) is 0.429. The number of aliphatic imine (C=N–C) groups is 1. The van der Waals surface area contributed by atoms with Crippen molar-refractivity contribution in [1.29, 1.82) is 0 Å². The van der Waals surface area contributed by atoms with Crippen molar-refractivity contribution in [2.24, 2.45) is 10.9 Å². The van der Waals surface area contributed by atoms with Crippen LogP contribution in [0.2, 0.25) is 0 Å². The van der Waals surface area contributed by atoms with E-state index in [4.69, 9.17) is 4.74 Å². The highest BCUT2D eigenvalue weighted by Crippen LogP contribution is 2.10. The molecule has 1 aromatic carbocycles. The van der Waals surface area contributed by atoms with Crippen molar-refractivity contribution in [3.8, 4) is 0 Å². The van der Waals surface area contributed by atoms with Gasteiger partial charge in [-0.15, -0.1) is 0 Å².